The zero-order valence-electron chi connectivity index (χ0n) is 17.6. The number of esters is 1. The van der Waals surface area contributed by atoms with Crippen LogP contribution in [0.1, 0.15) is 65.2 Å². The Morgan fingerprint density at radius 3 is 2.53 bits per heavy atom. The molecular formula is C24H29NO5. The maximum Gasteiger partial charge on any atom is 0.306 e. The van der Waals surface area contributed by atoms with E-state index < -0.39 is 22.5 Å². The molecule has 1 heterocycles. The number of allylic oxidation sites excluding steroid dienone is 2. The second kappa shape index (κ2) is 5.30. The molecule has 1 saturated heterocycles. The molecule has 2 N–H and O–H groups in total. The van der Waals surface area contributed by atoms with Crippen molar-refractivity contribution in [3.05, 3.63) is 11.3 Å². The highest BCUT2D eigenvalue weighted by atomic mass is 16.6. The van der Waals surface area contributed by atoms with Gasteiger partial charge in [-0.05, 0) is 61.7 Å². The van der Waals surface area contributed by atoms with E-state index in [4.69, 9.17) is 4.74 Å². The third-order valence-corrected chi connectivity index (χ3v) is 10.8. The van der Waals surface area contributed by atoms with Crippen molar-refractivity contribution in [1.29, 1.82) is 5.26 Å². The molecule has 0 aromatic carbocycles. The Kier molecular flexibility index (Phi) is 3.33. The molecule has 0 aromatic rings. The number of fused-ring (bicyclic) bond motifs is 7. The largest absolute Gasteiger partial charge is 0.512 e. The van der Waals surface area contributed by atoms with Gasteiger partial charge in [0.25, 0.3) is 0 Å². The lowest BCUT2D eigenvalue weighted by molar-refractivity contribution is -0.207. The Morgan fingerprint density at radius 2 is 1.87 bits per heavy atom. The van der Waals surface area contributed by atoms with E-state index in [2.05, 4.69) is 19.9 Å². The van der Waals surface area contributed by atoms with Crippen LogP contribution in [0.2, 0.25) is 0 Å². The number of hydrogen-bond acceptors (Lipinski definition) is 6. The number of nitrogens with zero attached hydrogens (tertiary/aromatic N) is 1. The molecule has 6 rings (SSSR count). The quantitative estimate of drug-likeness (QED) is 0.593. The fourth-order valence-electron chi connectivity index (χ4n) is 9.47. The maximum atomic E-state index is 13.6. The third kappa shape index (κ3) is 1.71. The first-order valence-electron chi connectivity index (χ1n) is 11.4. The normalized spacial score (nSPS) is 56.0. The van der Waals surface area contributed by atoms with Crippen molar-refractivity contribution < 1.29 is 24.5 Å². The molecule has 9 atom stereocenters. The van der Waals surface area contributed by atoms with Crippen LogP contribution < -0.4 is 0 Å². The van der Waals surface area contributed by atoms with Gasteiger partial charge < -0.3 is 14.9 Å². The van der Waals surface area contributed by atoms with Gasteiger partial charge in [0.05, 0.1) is 23.2 Å². The van der Waals surface area contributed by atoms with E-state index in [1.165, 1.54) is 0 Å². The number of carbonyl (C=O) groups excluding carboxylic acids is 2. The zero-order chi connectivity index (χ0) is 21.3. The summed E-state index contributed by atoms with van der Waals surface area (Å²) in [6, 6.07) is 2.47. The number of carbonyl (C=O) groups is 2. The lowest BCUT2D eigenvalue weighted by atomic mass is 9.40. The summed E-state index contributed by atoms with van der Waals surface area (Å²) < 4.78 is 5.95. The Balaban J connectivity index is 1.53. The SMILES string of the molecule is C[C@@]12C[C@@H](O)[C@H]3C(C1CC[C@@]21CCC(=O)O1)[C@H]1C[C@]2(C#N)C(=C(O)CC[C@]32C)C1=O. The molecule has 0 amide bonds. The molecule has 2 unspecified atom stereocenters. The van der Waals surface area contributed by atoms with Gasteiger partial charge in [0.1, 0.15) is 11.4 Å². The Bertz CT molecular complexity index is 965. The van der Waals surface area contributed by atoms with Crippen LogP contribution >= 0.6 is 0 Å². The first-order chi connectivity index (χ1) is 14.1. The Hall–Kier alpha value is -1.87. The molecule has 30 heavy (non-hydrogen) atoms. The van der Waals surface area contributed by atoms with E-state index in [-0.39, 0.29) is 46.6 Å². The van der Waals surface area contributed by atoms with Gasteiger partial charge in [-0.15, -0.1) is 0 Å². The van der Waals surface area contributed by atoms with Gasteiger partial charge in [-0.2, -0.15) is 5.26 Å². The van der Waals surface area contributed by atoms with Gasteiger partial charge in [-0.1, -0.05) is 13.8 Å². The number of rotatable bonds is 0. The van der Waals surface area contributed by atoms with Crippen LogP contribution in [0.5, 0.6) is 0 Å². The standard InChI is InChI=1S/C24H29NO5/c1-21-6-4-14(26)19-20(29)12(9-23(19,21)11-25)17-13-3-7-24(8-5-16(28)30-24)22(13,2)10-15(27)18(17)21/h12-13,15,17-18,26-27H,3-10H2,1-2H3/t12-,13?,15-,17?,18+,21-,22-,23+,24-/m1/s1. The molecule has 1 spiro atoms. The van der Waals surface area contributed by atoms with Crippen molar-refractivity contribution in [3.8, 4) is 6.07 Å². The van der Waals surface area contributed by atoms with Gasteiger partial charge in [0, 0.05) is 24.2 Å². The average Bonchev–Trinajstić information content (AvgIpc) is 3.31. The van der Waals surface area contributed by atoms with Crippen molar-refractivity contribution in [1.82, 2.24) is 0 Å². The molecule has 1 aliphatic heterocycles. The van der Waals surface area contributed by atoms with Gasteiger partial charge in [0.15, 0.2) is 5.78 Å². The minimum absolute atomic E-state index is 0.0418. The van der Waals surface area contributed by atoms with Crippen molar-refractivity contribution in [2.75, 3.05) is 0 Å². The molecule has 160 valence electrons. The molecule has 5 fully saturated rings. The average molecular weight is 411 g/mol. The van der Waals surface area contributed by atoms with E-state index in [0.717, 1.165) is 12.8 Å². The van der Waals surface area contributed by atoms with Crippen LogP contribution in [0.4, 0.5) is 0 Å². The number of hydrogen-bond donors (Lipinski definition) is 2. The fourth-order valence-corrected chi connectivity index (χ4v) is 9.47. The predicted molar refractivity (Wildman–Crippen MR) is 105 cm³/mol. The molecule has 6 nitrogen and oxygen atoms in total. The highest BCUT2D eigenvalue weighted by molar-refractivity contribution is 6.03. The molecule has 6 heteroatoms. The molecule has 5 aliphatic carbocycles. The van der Waals surface area contributed by atoms with Crippen molar-refractivity contribution in [3.63, 3.8) is 0 Å². The van der Waals surface area contributed by atoms with E-state index in [1.54, 1.807) is 0 Å². The van der Waals surface area contributed by atoms with E-state index in [9.17, 15) is 25.1 Å². The molecule has 2 bridgehead atoms. The Labute approximate surface area is 176 Å². The summed E-state index contributed by atoms with van der Waals surface area (Å²) in [5.41, 5.74) is -2.10. The molecule has 6 aliphatic rings. The van der Waals surface area contributed by atoms with E-state index in [0.29, 0.717) is 44.1 Å². The van der Waals surface area contributed by atoms with Gasteiger partial charge in [0.2, 0.25) is 0 Å². The topological polar surface area (TPSA) is 108 Å². The summed E-state index contributed by atoms with van der Waals surface area (Å²) in [5, 5.41) is 32.5. The van der Waals surface area contributed by atoms with Crippen LogP contribution in [-0.2, 0) is 14.3 Å². The zero-order valence-corrected chi connectivity index (χ0v) is 17.6. The van der Waals surface area contributed by atoms with Crippen LogP contribution in [0.25, 0.3) is 0 Å². The molecule has 4 saturated carbocycles. The second-order valence-electron chi connectivity index (χ2n) is 11.3. The minimum atomic E-state index is -0.997. The predicted octanol–water partition coefficient (Wildman–Crippen LogP) is 3.20. The number of Topliss-reactive ketones (excluding diaryl/α,β-unsaturated/α-hetero) is 1. The van der Waals surface area contributed by atoms with Gasteiger partial charge in [-0.25, -0.2) is 0 Å². The highest BCUT2D eigenvalue weighted by Gasteiger charge is 2.77. The summed E-state index contributed by atoms with van der Waals surface area (Å²) in [4.78, 5) is 25.7. The summed E-state index contributed by atoms with van der Waals surface area (Å²) in [7, 11) is 0. The second-order valence-corrected chi connectivity index (χ2v) is 11.3. The highest BCUT2D eigenvalue weighted by Crippen LogP contribution is 2.76. The smallest absolute Gasteiger partial charge is 0.306 e. The summed E-state index contributed by atoms with van der Waals surface area (Å²) >= 11 is 0. The number of ketones is 1. The summed E-state index contributed by atoms with van der Waals surface area (Å²) in [6.45, 7) is 4.22. The van der Waals surface area contributed by atoms with Crippen LogP contribution in [0, 0.1) is 51.2 Å². The van der Waals surface area contributed by atoms with Crippen molar-refractivity contribution >= 4 is 11.8 Å². The van der Waals surface area contributed by atoms with Crippen LogP contribution in [-0.4, -0.2) is 33.7 Å². The lowest BCUT2D eigenvalue weighted by Gasteiger charge is -2.63. The minimum Gasteiger partial charge on any atom is -0.512 e. The number of aliphatic hydroxyl groups is 2. The van der Waals surface area contributed by atoms with Gasteiger partial charge >= 0.3 is 5.97 Å². The lowest BCUT2D eigenvalue weighted by Crippen LogP contribution is -2.63. The van der Waals surface area contributed by atoms with Crippen molar-refractivity contribution in [2.45, 2.75) is 76.9 Å². The van der Waals surface area contributed by atoms with Crippen LogP contribution in [0.15, 0.2) is 11.3 Å². The number of aliphatic hydroxyl groups excluding tert-OH is 2. The van der Waals surface area contributed by atoms with Crippen LogP contribution in [0.3, 0.4) is 0 Å². The van der Waals surface area contributed by atoms with E-state index in [1.807, 2.05) is 0 Å². The first kappa shape index (κ1) is 18.9. The summed E-state index contributed by atoms with van der Waals surface area (Å²) in [6.07, 6.45) is 4.11. The van der Waals surface area contributed by atoms with E-state index >= 15 is 0 Å². The fraction of sp³-hybridized carbons (Fsp3) is 0.792. The molecule has 0 radical (unpaired) electrons. The first-order valence-corrected chi connectivity index (χ1v) is 11.4. The maximum absolute atomic E-state index is 13.6. The molecule has 0 aromatic heterocycles. The Morgan fingerprint density at radius 1 is 1.10 bits per heavy atom. The van der Waals surface area contributed by atoms with Gasteiger partial charge in [-0.3, -0.25) is 9.59 Å². The number of nitriles is 1. The number of ether oxygens (including phenoxy) is 1. The monoisotopic (exact) mass is 411 g/mol. The summed E-state index contributed by atoms with van der Waals surface area (Å²) in [5.74, 6) is -0.518. The molecular weight excluding hydrogens is 382 g/mol. The van der Waals surface area contributed by atoms with Crippen molar-refractivity contribution in [2.24, 2.45) is 39.9 Å². The third-order valence-electron chi connectivity index (χ3n) is 10.8.